The molecule has 0 spiro atoms. The van der Waals surface area contributed by atoms with Gasteiger partial charge in [0.15, 0.2) is 0 Å². The second-order valence-electron chi connectivity index (χ2n) is 5.78. The van der Waals surface area contributed by atoms with Crippen LogP contribution in [0.5, 0.6) is 11.5 Å². The van der Waals surface area contributed by atoms with Gasteiger partial charge in [0.25, 0.3) is 5.91 Å². The first-order valence-electron chi connectivity index (χ1n) is 8.51. The lowest BCUT2D eigenvalue weighted by Gasteiger charge is -2.13. The summed E-state index contributed by atoms with van der Waals surface area (Å²) in [6, 6.07) is 24.4. The van der Waals surface area contributed by atoms with E-state index in [9.17, 15) is 4.79 Å². The summed E-state index contributed by atoms with van der Waals surface area (Å²) < 4.78 is 11.4. The first-order valence-corrected chi connectivity index (χ1v) is 8.51. The van der Waals surface area contributed by atoms with Crippen LogP contribution in [0.1, 0.15) is 15.9 Å². The predicted molar refractivity (Wildman–Crippen MR) is 103 cm³/mol. The zero-order chi connectivity index (χ0) is 18.2. The van der Waals surface area contributed by atoms with Gasteiger partial charge < -0.3 is 14.8 Å². The third kappa shape index (κ3) is 4.63. The Morgan fingerprint density at radius 3 is 2.27 bits per heavy atom. The van der Waals surface area contributed by atoms with Crippen LogP contribution in [0.3, 0.4) is 0 Å². The number of amides is 1. The summed E-state index contributed by atoms with van der Waals surface area (Å²) >= 11 is 0. The number of hydrogen-bond donors (Lipinski definition) is 1. The molecule has 1 N–H and O–H groups in total. The van der Waals surface area contributed by atoms with Crippen LogP contribution in [0.4, 0.5) is 5.69 Å². The average molecular weight is 347 g/mol. The summed E-state index contributed by atoms with van der Waals surface area (Å²) in [6.45, 7) is 2.71. The number of aryl methyl sites for hydroxylation is 1. The first kappa shape index (κ1) is 17.5. The minimum atomic E-state index is -0.195. The number of para-hydroxylation sites is 3. The molecule has 0 unspecified atom stereocenters. The largest absolute Gasteiger partial charge is 0.490 e. The number of carbonyl (C=O) groups is 1. The van der Waals surface area contributed by atoms with Crippen molar-refractivity contribution in [1.29, 1.82) is 0 Å². The van der Waals surface area contributed by atoms with E-state index >= 15 is 0 Å². The van der Waals surface area contributed by atoms with Crippen molar-refractivity contribution in [1.82, 2.24) is 0 Å². The summed E-state index contributed by atoms with van der Waals surface area (Å²) in [5, 5.41) is 2.93. The van der Waals surface area contributed by atoms with Gasteiger partial charge in [-0.25, -0.2) is 0 Å². The van der Waals surface area contributed by atoms with Gasteiger partial charge in [-0.15, -0.1) is 0 Å². The van der Waals surface area contributed by atoms with Crippen LogP contribution in [-0.4, -0.2) is 19.1 Å². The first-order chi connectivity index (χ1) is 12.7. The lowest BCUT2D eigenvalue weighted by Crippen LogP contribution is -2.16. The van der Waals surface area contributed by atoms with Gasteiger partial charge in [0.2, 0.25) is 0 Å². The topological polar surface area (TPSA) is 47.6 Å². The van der Waals surface area contributed by atoms with E-state index in [1.54, 1.807) is 12.1 Å². The Labute approximate surface area is 153 Å². The highest BCUT2D eigenvalue weighted by atomic mass is 16.5. The summed E-state index contributed by atoms with van der Waals surface area (Å²) in [5.74, 6) is 1.14. The van der Waals surface area contributed by atoms with Crippen molar-refractivity contribution in [2.45, 2.75) is 6.92 Å². The van der Waals surface area contributed by atoms with E-state index < -0.39 is 0 Å². The maximum Gasteiger partial charge on any atom is 0.259 e. The fourth-order valence-electron chi connectivity index (χ4n) is 2.51. The average Bonchev–Trinajstić information content (AvgIpc) is 2.68. The monoisotopic (exact) mass is 347 g/mol. The molecule has 0 bridgehead atoms. The standard InChI is InChI=1S/C22H21NO3/c1-17-9-5-7-13-20(17)23-22(24)19-12-6-8-14-21(19)26-16-15-25-18-10-3-2-4-11-18/h2-14H,15-16H2,1H3,(H,23,24). The van der Waals surface area contributed by atoms with Crippen LogP contribution in [0.2, 0.25) is 0 Å². The lowest BCUT2D eigenvalue weighted by atomic mass is 10.1. The molecule has 1 amide bonds. The fraction of sp³-hybridized carbons (Fsp3) is 0.136. The molecule has 0 aliphatic heterocycles. The zero-order valence-electron chi connectivity index (χ0n) is 14.6. The SMILES string of the molecule is Cc1ccccc1NC(=O)c1ccccc1OCCOc1ccccc1. The quantitative estimate of drug-likeness (QED) is 0.630. The number of carbonyl (C=O) groups excluding carboxylic acids is 1. The third-order valence-electron chi connectivity index (χ3n) is 3.88. The van der Waals surface area contributed by atoms with Gasteiger partial charge in [-0.2, -0.15) is 0 Å². The highest BCUT2D eigenvalue weighted by Crippen LogP contribution is 2.21. The molecule has 0 radical (unpaired) electrons. The Bertz CT molecular complexity index is 862. The van der Waals surface area contributed by atoms with Crippen LogP contribution < -0.4 is 14.8 Å². The van der Waals surface area contributed by atoms with Gasteiger partial charge in [-0.1, -0.05) is 48.5 Å². The fourth-order valence-corrected chi connectivity index (χ4v) is 2.51. The van der Waals surface area contributed by atoms with Crippen LogP contribution in [-0.2, 0) is 0 Å². The maximum absolute atomic E-state index is 12.6. The molecular formula is C22H21NO3. The molecule has 3 aromatic carbocycles. The Hall–Kier alpha value is -3.27. The normalized spacial score (nSPS) is 10.2. The maximum atomic E-state index is 12.6. The third-order valence-corrected chi connectivity index (χ3v) is 3.88. The molecule has 0 saturated heterocycles. The van der Waals surface area contributed by atoms with Crippen LogP contribution in [0, 0.1) is 6.92 Å². The molecule has 4 nitrogen and oxygen atoms in total. The van der Waals surface area contributed by atoms with Crippen molar-refractivity contribution in [3.05, 3.63) is 90.0 Å². The van der Waals surface area contributed by atoms with Crippen LogP contribution in [0.25, 0.3) is 0 Å². The highest BCUT2D eigenvalue weighted by Gasteiger charge is 2.13. The van der Waals surface area contributed by atoms with Crippen molar-refractivity contribution < 1.29 is 14.3 Å². The zero-order valence-corrected chi connectivity index (χ0v) is 14.6. The minimum absolute atomic E-state index is 0.195. The molecule has 0 atom stereocenters. The van der Waals surface area contributed by atoms with E-state index in [-0.39, 0.29) is 5.91 Å². The van der Waals surface area contributed by atoms with E-state index in [0.29, 0.717) is 24.5 Å². The molecule has 0 saturated carbocycles. The summed E-state index contributed by atoms with van der Waals surface area (Å²) in [5.41, 5.74) is 2.30. The summed E-state index contributed by atoms with van der Waals surface area (Å²) in [4.78, 5) is 12.6. The number of rotatable bonds is 7. The van der Waals surface area contributed by atoms with Crippen molar-refractivity contribution >= 4 is 11.6 Å². The van der Waals surface area contributed by atoms with Crippen molar-refractivity contribution in [2.75, 3.05) is 18.5 Å². The number of nitrogens with one attached hydrogen (secondary N) is 1. The van der Waals surface area contributed by atoms with Crippen molar-refractivity contribution in [3.63, 3.8) is 0 Å². The van der Waals surface area contributed by atoms with Gasteiger partial charge in [-0.3, -0.25) is 4.79 Å². The van der Waals surface area contributed by atoms with Gasteiger partial charge in [0, 0.05) is 5.69 Å². The molecule has 132 valence electrons. The smallest absolute Gasteiger partial charge is 0.259 e. The second-order valence-corrected chi connectivity index (χ2v) is 5.78. The minimum Gasteiger partial charge on any atom is -0.490 e. The predicted octanol–water partition coefficient (Wildman–Crippen LogP) is 4.71. The van der Waals surface area contributed by atoms with E-state index in [0.717, 1.165) is 17.0 Å². The Morgan fingerprint density at radius 1 is 0.808 bits per heavy atom. The molecule has 0 fully saturated rings. The molecule has 3 rings (SSSR count). The molecule has 0 aliphatic rings. The van der Waals surface area contributed by atoms with Crippen molar-refractivity contribution in [2.24, 2.45) is 0 Å². The summed E-state index contributed by atoms with van der Waals surface area (Å²) in [7, 11) is 0. The molecule has 0 aliphatic carbocycles. The number of anilines is 1. The molecular weight excluding hydrogens is 326 g/mol. The Kier molecular flexibility index (Phi) is 5.88. The molecule has 0 aromatic heterocycles. The molecule has 26 heavy (non-hydrogen) atoms. The molecule has 0 heterocycles. The van der Waals surface area contributed by atoms with Gasteiger partial charge >= 0.3 is 0 Å². The molecule has 3 aromatic rings. The van der Waals surface area contributed by atoms with E-state index in [2.05, 4.69) is 5.32 Å². The number of hydrogen-bond acceptors (Lipinski definition) is 3. The summed E-state index contributed by atoms with van der Waals surface area (Å²) in [6.07, 6.45) is 0. The Balaban J connectivity index is 1.60. The van der Waals surface area contributed by atoms with Gasteiger partial charge in [0.05, 0.1) is 5.56 Å². The van der Waals surface area contributed by atoms with Gasteiger partial charge in [-0.05, 0) is 42.8 Å². The number of benzene rings is 3. The van der Waals surface area contributed by atoms with E-state index in [1.165, 1.54) is 0 Å². The van der Waals surface area contributed by atoms with E-state index in [4.69, 9.17) is 9.47 Å². The van der Waals surface area contributed by atoms with Crippen LogP contribution in [0.15, 0.2) is 78.9 Å². The van der Waals surface area contributed by atoms with Gasteiger partial charge in [0.1, 0.15) is 24.7 Å². The van der Waals surface area contributed by atoms with Crippen molar-refractivity contribution in [3.8, 4) is 11.5 Å². The Morgan fingerprint density at radius 2 is 1.46 bits per heavy atom. The second kappa shape index (κ2) is 8.72. The number of ether oxygens (including phenoxy) is 2. The highest BCUT2D eigenvalue weighted by molar-refractivity contribution is 6.06. The molecule has 4 heteroatoms. The lowest BCUT2D eigenvalue weighted by molar-refractivity contribution is 0.102. The van der Waals surface area contributed by atoms with Crippen LogP contribution >= 0.6 is 0 Å². The van der Waals surface area contributed by atoms with E-state index in [1.807, 2.05) is 73.7 Å².